The third-order valence-electron chi connectivity index (χ3n) is 27.9. The number of ether oxygens (including phenoxy) is 2. The zero-order chi connectivity index (χ0) is 102. The molecule has 44 heteroatoms. The van der Waals surface area contributed by atoms with Crippen LogP contribution in [-0.4, -0.2) is 327 Å². The molecule has 5 unspecified atom stereocenters. The van der Waals surface area contributed by atoms with Crippen LogP contribution in [0.4, 0.5) is 5.69 Å². The highest BCUT2D eigenvalue weighted by Gasteiger charge is 2.79. The fourth-order valence-corrected chi connectivity index (χ4v) is 21.2. The van der Waals surface area contributed by atoms with E-state index in [4.69, 9.17) is 32.4 Å². The minimum absolute atomic E-state index is 0.0854. The number of primary amides is 3. The first-order valence-electron chi connectivity index (χ1n) is 46.9. The third kappa shape index (κ3) is 23.2. The topological polar surface area (TPSA) is 698 Å². The van der Waals surface area contributed by atoms with Gasteiger partial charge in [-0.05, 0) is 156 Å². The number of benzene rings is 3. The van der Waals surface area contributed by atoms with E-state index in [-0.39, 0.29) is 86.8 Å². The number of H-pyrrole nitrogens is 1. The third-order valence-corrected chi connectivity index (χ3v) is 27.9. The predicted molar refractivity (Wildman–Crippen MR) is 499 cm³/mol. The molecule has 4 aromatic rings. The lowest BCUT2D eigenvalue weighted by Gasteiger charge is -2.63. The van der Waals surface area contributed by atoms with Gasteiger partial charge < -0.3 is 131 Å². The first-order chi connectivity index (χ1) is 65.4. The molecular weight excluding hydrogens is 1800 g/mol. The van der Waals surface area contributed by atoms with Crippen LogP contribution in [0.2, 0.25) is 0 Å². The highest BCUT2D eigenvalue weighted by Crippen LogP contribution is 2.68. The second kappa shape index (κ2) is 46.4. The van der Waals surface area contributed by atoms with Crippen molar-refractivity contribution >= 4 is 105 Å². The summed E-state index contributed by atoms with van der Waals surface area (Å²) in [7, 11) is 4.49. The van der Waals surface area contributed by atoms with Crippen molar-refractivity contribution in [3.63, 3.8) is 0 Å². The van der Waals surface area contributed by atoms with Gasteiger partial charge in [-0.1, -0.05) is 84.0 Å². The lowest BCUT2D eigenvalue weighted by atomic mass is 9.47. The van der Waals surface area contributed by atoms with E-state index in [1.165, 1.54) is 45.4 Å². The molecule has 3 fully saturated rings. The maximum Gasteiger partial charge on any atom is 0.322 e. The minimum atomic E-state index is -2.98. The van der Waals surface area contributed by atoms with E-state index in [0.29, 0.717) is 74.5 Å². The number of carbonyl (C=O) groups is 15. The number of fused-ring (bicyclic) bond motifs is 6. The number of Topliss-reactive ketones (excluding diaryl/α,β-unsaturated/α-hetero) is 2. The number of esters is 1. The van der Waals surface area contributed by atoms with Crippen LogP contribution in [0.15, 0.2) is 72.8 Å². The Balaban J connectivity index is 0.860. The molecule has 21 atom stereocenters. The summed E-state index contributed by atoms with van der Waals surface area (Å²) in [5.41, 5.74) is 23.5. The number of nitrogens with zero attached hydrogens (tertiary/aromatic N) is 3. The van der Waals surface area contributed by atoms with E-state index in [9.17, 15) is 98.4 Å². The van der Waals surface area contributed by atoms with Gasteiger partial charge in [-0.2, -0.15) is 0 Å². The van der Waals surface area contributed by atoms with Crippen molar-refractivity contribution < 1.29 is 122 Å². The van der Waals surface area contributed by atoms with Crippen LogP contribution in [0.3, 0.4) is 0 Å². The zero-order valence-corrected chi connectivity index (χ0v) is 79.6. The summed E-state index contributed by atoms with van der Waals surface area (Å²) in [6.45, 7) is 9.74. The number of piperidine rings is 1. The number of phenolic OH excluding ortho intramolecular Hbond substituents is 1. The number of hydrogen-bond donors (Lipinski definition) is 24. The number of ketones is 2. The number of phenols is 1. The fraction of sp³-hybridized carbons (Fsp3) is 0.606. The van der Waals surface area contributed by atoms with Crippen molar-refractivity contribution in [2.75, 3.05) is 91.9 Å². The Morgan fingerprint density at radius 3 is 1.68 bits per heavy atom. The number of hydrogen-bond acceptors (Lipinski definition) is 31. The quantitative estimate of drug-likeness (QED) is 0.00644. The Bertz CT molecular complexity index is 5170. The zero-order valence-electron chi connectivity index (χ0n) is 79.6. The van der Waals surface area contributed by atoms with E-state index in [1.54, 1.807) is 45.7 Å². The van der Waals surface area contributed by atoms with Gasteiger partial charge in [0.15, 0.2) is 5.60 Å². The molecule has 138 heavy (non-hydrogen) atoms. The molecule has 1 aliphatic carbocycles. The molecule has 0 radical (unpaired) electrons. The number of aliphatic hydroxyl groups is 7. The molecule has 3 aromatic carbocycles. The highest BCUT2D eigenvalue weighted by atomic mass is 16.5. The molecule has 12 amide bonds. The van der Waals surface area contributed by atoms with Crippen LogP contribution < -0.4 is 91.3 Å². The summed E-state index contributed by atoms with van der Waals surface area (Å²) in [4.78, 5) is 222. The fourth-order valence-electron chi connectivity index (χ4n) is 21.2. The minimum Gasteiger partial charge on any atom is -0.508 e. The van der Waals surface area contributed by atoms with Gasteiger partial charge in [-0.3, -0.25) is 81.7 Å². The molecule has 1 saturated carbocycles. The second-order valence-electron chi connectivity index (χ2n) is 38.2. The number of hydrazine groups is 1. The molecule has 758 valence electrons. The van der Waals surface area contributed by atoms with Gasteiger partial charge in [0.05, 0.1) is 64.8 Å². The molecule has 2 bridgehead atoms. The van der Waals surface area contributed by atoms with Gasteiger partial charge >= 0.3 is 5.97 Å². The van der Waals surface area contributed by atoms with Gasteiger partial charge in [0.2, 0.25) is 82.5 Å². The summed E-state index contributed by atoms with van der Waals surface area (Å²) in [5, 5.41) is 113. The molecule has 28 N–H and O–H groups in total. The maximum atomic E-state index is 16.4. The lowest BCUT2D eigenvalue weighted by Crippen LogP contribution is -2.81. The molecule has 5 aliphatic heterocycles. The number of rotatable bonds is 49. The Labute approximate surface area is 798 Å². The summed E-state index contributed by atoms with van der Waals surface area (Å²) in [6.07, 6.45) is 1.21. The van der Waals surface area contributed by atoms with E-state index in [2.05, 4.69) is 73.5 Å². The molecule has 2 saturated heterocycles. The van der Waals surface area contributed by atoms with Crippen molar-refractivity contribution in [2.45, 2.75) is 251 Å². The van der Waals surface area contributed by atoms with E-state index < -0.39 is 259 Å². The smallest absolute Gasteiger partial charge is 0.322 e. The van der Waals surface area contributed by atoms with Crippen molar-refractivity contribution in [3.8, 4) is 11.5 Å². The number of unbranched alkanes of at least 4 members (excludes halogenated alkanes) is 1. The van der Waals surface area contributed by atoms with Crippen LogP contribution in [-0.2, 0) is 100 Å². The number of methoxy groups -OCH3 is 2. The van der Waals surface area contributed by atoms with Crippen LogP contribution in [0.5, 0.6) is 11.5 Å². The number of para-hydroxylation sites is 1. The Hall–Kier alpha value is -11.7. The number of aromatic nitrogens is 1. The average Bonchev–Trinajstić information content (AvgIpc) is 1.48. The van der Waals surface area contributed by atoms with Gasteiger partial charge in [0.25, 0.3) is 0 Å². The average molecular weight is 1930 g/mol. The molecule has 6 heterocycles. The molecule has 6 aliphatic rings. The molecule has 1 aromatic heterocycles. The van der Waals surface area contributed by atoms with Gasteiger partial charge in [0.1, 0.15) is 83.4 Å². The number of nitrogens with two attached hydrogens (primary N) is 4. The van der Waals surface area contributed by atoms with E-state index >= 15 is 14.4 Å². The number of aromatic hydroxyl groups is 1. The number of anilines is 1. The molecule has 1 spiro atoms. The standard InChI is InChI=1S/C94H137N19O25/c1-11-90(135)40-52-41-93(89(134)138-10,74-55(27-32-112(42-52)47-90)54-18-13-14-19-58(54)100-74)57-37-56-69(39-70(57)137-9)111(8)87-92(56)29-33-113-31-17-28-91(12-2,86(92)113)88(133)94(87,136)75(122)73(121)61(34-48(3)4)109-110-64(38-72(97)120)81(128)101-59(20-15-16-30-95)78(125)99-50(7)77(124)105-65(43-114)83(130)104-63(36-51-21-23-53(118)24-22-51)80(127)102-60(25-26-71(96)119)79(126)106-67(45-116)84(131)108-68(46-117)85(132)107-66(44-115)82(129)103-62(76(98)123)35-49(5)6/h13-14,17-19,21-24,28,37,39,48-50,52,59-68,86-88,100,109-110,114-118,133,135-136H,11-12,15-16,20,25-27,29-36,38,40-47,95H2,1-10H3,(H2,96,119)(H2,97,120)(H2,98,123)(H,99,125)(H,101,128)(H,102,127)(H,103,129)(H,104,130)(H,105,124)(H,106,126)(H,107,132)(H,108,131)/t50-,52?,59-,60-,61-,62+,63-,64-,65+,66+,67-,68+,86?,87?,88-,90+,91-,92?,93+,94+/m1/s1. The largest absolute Gasteiger partial charge is 0.508 e. The first-order valence-corrected chi connectivity index (χ1v) is 46.9. The molecular formula is C94H137N19O25. The SMILES string of the molecule is CC[C@]1(O)CC2CN(CCc3c([nH]c4ccccc34)[C@@](C(=O)OC)(c3cc4c(cc3OC)N(C)C3C45CCN4CC=C[C@](CC)(C45)[C@@H](O)[C@]3(O)C(=O)C(=O)[C@@H](CC(C)C)NN[C@H](CC(N)=O)C(=O)N[C@H](CCCCN)C(=O)N[C@H](C)C(=O)N[C@@H](CO)C(=O)N[C@H](Cc3ccc(O)cc3)C(=O)N[C@H](CCC(N)=O)C(=O)N[C@H](CO)C(=O)N[C@@H](CO)C(=O)N[C@@H](CO)C(=O)N[C@@H](CC(C)C)C(N)=O)C2)C1. The summed E-state index contributed by atoms with van der Waals surface area (Å²) in [5.74, 6) is -17.8. The van der Waals surface area contributed by atoms with Crippen LogP contribution in [0.1, 0.15) is 160 Å². The van der Waals surface area contributed by atoms with Gasteiger partial charge in [-0.25, -0.2) is 10.9 Å². The van der Waals surface area contributed by atoms with Gasteiger partial charge in [0, 0.05) is 96.9 Å². The Morgan fingerprint density at radius 1 is 0.594 bits per heavy atom. The molecule has 10 rings (SSSR count). The number of amides is 12. The van der Waals surface area contributed by atoms with E-state index in [1.807, 2.05) is 56.3 Å². The second-order valence-corrected chi connectivity index (χ2v) is 38.2. The number of carbonyl (C=O) groups excluding carboxylic acids is 15. The monoisotopic (exact) mass is 1930 g/mol. The van der Waals surface area contributed by atoms with Crippen molar-refractivity contribution in [3.05, 3.63) is 101 Å². The number of likely N-dealkylation sites (N-methyl/N-ethyl adjacent to an activating group) is 1. The van der Waals surface area contributed by atoms with E-state index in [0.717, 1.165) is 16.5 Å². The Kier molecular flexibility index (Phi) is 36.4. The lowest BCUT2D eigenvalue weighted by molar-refractivity contribution is -0.202. The first kappa shape index (κ1) is 108. The summed E-state index contributed by atoms with van der Waals surface area (Å²) < 4.78 is 12.5. The van der Waals surface area contributed by atoms with Crippen molar-refractivity contribution in [1.29, 1.82) is 0 Å². The maximum absolute atomic E-state index is 16.4. The normalized spacial score (nSPS) is 24.8. The van der Waals surface area contributed by atoms with Gasteiger partial charge in [-0.15, -0.1) is 0 Å². The van der Waals surface area contributed by atoms with Crippen molar-refractivity contribution in [1.82, 2.24) is 73.5 Å². The van der Waals surface area contributed by atoms with Crippen molar-refractivity contribution in [2.24, 2.45) is 46.1 Å². The summed E-state index contributed by atoms with van der Waals surface area (Å²) >= 11 is 0. The molecule has 44 nitrogen and oxygen atoms in total. The highest BCUT2D eigenvalue weighted by molar-refractivity contribution is 6.42. The van der Waals surface area contributed by atoms with Crippen LogP contribution >= 0.6 is 0 Å². The number of nitrogens with one attached hydrogen (secondary N) is 12. The summed E-state index contributed by atoms with van der Waals surface area (Å²) in [6, 6.07) is -4.56. The number of aromatic amines is 1. The van der Waals surface area contributed by atoms with Crippen LogP contribution in [0, 0.1) is 23.2 Å². The van der Waals surface area contributed by atoms with Crippen LogP contribution in [0.25, 0.3) is 10.9 Å². The predicted octanol–water partition coefficient (Wildman–Crippen LogP) is -5.64. The number of aliphatic hydroxyl groups excluding tert-OH is 5. The Morgan fingerprint density at radius 2 is 1.13 bits per heavy atom.